The molecule has 1 fully saturated rings. The summed E-state index contributed by atoms with van der Waals surface area (Å²) in [7, 11) is 0. The van der Waals surface area contributed by atoms with Crippen molar-refractivity contribution in [1.29, 1.82) is 0 Å². The molecular weight excluding hydrogens is 413 g/mol. The van der Waals surface area contributed by atoms with Crippen LogP contribution in [0.5, 0.6) is 5.75 Å². The Kier molecular flexibility index (Phi) is 7.51. The Morgan fingerprint density at radius 2 is 1.88 bits per heavy atom. The molecule has 2 N–H and O–H groups in total. The van der Waals surface area contributed by atoms with Crippen molar-refractivity contribution in [2.75, 3.05) is 6.61 Å². The van der Waals surface area contributed by atoms with Crippen LogP contribution in [0, 0.1) is 5.82 Å². The van der Waals surface area contributed by atoms with E-state index < -0.39 is 23.7 Å². The lowest BCUT2D eigenvalue weighted by Gasteiger charge is -2.43. The minimum atomic E-state index is -1.04. The summed E-state index contributed by atoms with van der Waals surface area (Å²) in [6, 6.07) is 10.8. The fourth-order valence-electron chi connectivity index (χ4n) is 4.17. The molecule has 3 atom stereocenters. The number of hydrogen-bond donors (Lipinski definition) is 2. The minimum Gasteiger partial charge on any atom is -0.493 e. The van der Waals surface area contributed by atoms with Gasteiger partial charge in [0.1, 0.15) is 11.6 Å². The van der Waals surface area contributed by atoms with Gasteiger partial charge >= 0.3 is 5.97 Å². The molecule has 0 bridgehead atoms. The highest BCUT2D eigenvalue weighted by Gasteiger charge is 2.41. The average Bonchev–Trinajstić information content (AvgIpc) is 2.73. The Morgan fingerprint density at radius 1 is 1.19 bits per heavy atom. The molecule has 172 valence electrons. The van der Waals surface area contributed by atoms with E-state index in [1.807, 2.05) is 6.92 Å². The Hall–Kier alpha value is -2.93. The maximum atomic E-state index is 13.5. The highest BCUT2D eigenvalue weighted by molar-refractivity contribution is 5.88. The second-order valence-corrected chi connectivity index (χ2v) is 8.57. The van der Waals surface area contributed by atoms with Crippen LogP contribution in [0.1, 0.15) is 80.1 Å². The van der Waals surface area contributed by atoms with E-state index in [0.29, 0.717) is 30.8 Å². The molecule has 7 heteroatoms. The highest BCUT2D eigenvalue weighted by atomic mass is 19.1. The lowest BCUT2D eigenvalue weighted by molar-refractivity contribution is -0.126. The molecule has 0 spiro atoms. The lowest BCUT2D eigenvalue weighted by Crippen LogP contribution is -2.50. The fraction of sp³-hybridized carbons (Fsp3) is 0.440. The molecule has 0 radical (unpaired) electrons. The van der Waals surface area contributed by atoms with Crippen molar-refractivity contribution in [3.05, 3.63) is 65.0 Å². The van der Waals surface area contributed by atoms with Gasteiger partial charge in [-0.25, -0.2) is 9.18 Å². The third-order valence-electron chi connectivity index (χ3n) is 5.68. The van der Waals surface area contributed by atoms with Crippen molar-refractivity contribution in [3.8, 4) is 5.75 Å². The Morgan fingerprint density at radius 3 is 2.50 bits per heavy atom. The predicted octanol–water partition coefficient (Wildman–Crippen LogP) is 5.19. The largest absolute Gasteiger partial charge is 0.493 e. The van der Waals surface area contributed by atoms with E-state index in [1.54, 1.807) is 24.3 Å². The molecule has 3 rings (SSSR count). The summed E-state index contributed by atoms with van der Waals surface area (Å²) in [5, 5.41) is 12.5. The van der Waals surface area contributed by atoms with Gasteiger partial charge in [-0.2, -0.15) is 0 Å². The second kappa shape index (κ2) is 10.1. The number of amides is 1. The first-order valence-electron chi connectivity index (χ1n) is 10.9. The zero-order chi connectivity index (χ0) is 23.3. The van der Waals surface area contributed by atoms with Gasteiger partial charge in [0.05, 0.1) is 24.4 Å². The molecule has 6 nitrogen and oxygen atoms in total. The van der Waals surface area contributed by atoms with Crippen LogP contribution in [-0.2, 0) is 9.53 Å². The Balaban J connectivity index is 2.01. The van der Waals surface area contributed by atoms with Crippen LogP contribution in [0.4, 0.5) is 4.39 Å². The number of carbonyl (C=O) groups excluding carboxylic acids is 1. The van der Waals surface area contributed by atoms with Crippen LogP contribution in [0.3, 0.4) is 0 Å². The standard InChI is InChI=1S/C25H30FNO5/c1-4-5-12-31-21-11-8-18(24(29)30)13-20(21)23-15-25(3,27-16(2)28)14-22(32-23)17-6-9-19(26)10-7-17/h6-11,13,22-23H,4-5,12,14-15H2,1-3H3,(H,27,28)(H,29,30)/t22-,23+,25-/m0/s1. The van der Waals surface area contributed by atoms with Gasteiger partial charge in [-0.15, -0.1) is 0 Å². The molecule has 0 saturated carbocycles. The van der Waals surface area contributed by atoms with Gasteiger partial charge < -0.3 is 19.9 Å². The highest BCUT2D eigenvalue weighted by Crippen LogP contribution is 2.46. The summed E-state index contributed by atoms with van der Waals surface area (Å²) in [5.74, 6) is -0.975. The predicted molar refractivity (Wildman–Crippen MR) is 118 cm³/mol. The number of hydrogen-bond acceptors (Lipinski definition) is 4. The SMILES string of the molecule is CCCCOc1ccc(C(=O)O)cc1[C@H]1C[C@@](C)(NC(C)=O)C[C@@H](c2ccc(F)cc2)O1. The number of nitrogens with one attached hydrogen (secondary N) is 1. The van der Waals surface area contributed by atoms with E-state index >= 15 is 0 Å². The third kappa shape index (κ3) is 5.85. The van der Waals surface area contributed by atoms with Crippen LogP contribution in [0.2, 0.25) is 0 Å². The number of ether oxygens (including phenoxy) is 2. The third-order valence-corrected chi connectivity index (χ3v) is 5.68. The van der Waals surface area contributed by atoms with Gasteiger partial charge in [0.15, 0.2) is 0 Å². The smallest absolute Gasteiger partial charge is 0.335 e. The number of rotatable bonds is 8. The Labute approximate surface area is 187 Å². The zero-order valence-electron chi connectivity index (χ0n) is 18.7. The summed E-state index contributed by atoms with van der Waals surface area (Å²) < 4.78 is 25.8. The van der Waals surface area contributed by atoms with E-state index in [0.717, 1.165) is 18.4 Å². The average molecular weight is 444 g/mol. The van der Waals surface area contributed by atoms with E-state index in [-0.39, 0.29) is 17.3 Å². The zero-order valence-corrected chi connectivity index (χ0v) is 18.7. The normalized spacial score (nSPS) is 22.9. The van der Waals surface area contributed by atoms with Crippen LogP contribution >= 0.6 is 0 Å². The number of carboxylic acids is 1. The number of carbonyl (C=O) groups is 2. The first kappa shape index (κ1) is 23.7. The number of benzene rings is 2. The van der Waals surface area contributed by atoms with Gasteiger partial charge in [-0.05, 0) is 49.2 Å². The summed E-state index contributed by atoms with van der Waals surface area (Å²) in [5.41, 5.74) is 0.949. The minimum absolute atomic E-state index is 0.136. The molecule has 0 aliphatic carbocycles. The van der Waals surface area contributed by atoms with Gasteiger partial charge in [-0.3, -0.25) is 4.79 Å². The van der Waals surface area contributed by atoms with Gasteiger partial charge in [0, 0.05) is 30.9 Å². The molecule has 1 aliphatic heterocycles. The molecule has 32 heavy (non-hydrogen) atoms. The quantitative estimate of drug-likeness (QED) is 0.549. The van der Waals surface area contributed by atoms with Gasteiger partial charge in [-0.1, -0.05) is 25.5 Å². The topological polar surface area (TPSA) is 84.9 Å². The molecule has 1 heterocycles. The molecule has 1 aliphatic rings. The van der Waals surface area contributed by atoms with E-state index in [4.69, 9.17) is 9.47 Å². The van der Waals surface area contributed by atoms with Crippen LogP contribution in [-0.4, -0.2) is 29.1 Å². The van der Waals surface area contributed by atoms with Crippen molar-refractivity contribution >= 4 is 11.9 Å². The monoisotopic (exact) mass is 443 g/mol. The summed E-state index contributed by atoms with van der Waals surface area (Å²) in [6.07, 6.45) is 1.84. The van der Waals surface area contributed by atoms with Crippen molar-refractivity contribution in [2.24, 2.45) is 0 Å². The maximum Gasteiger partial charge on any atom is 0.335 e. The second-order valence-electron chi connectivity index (χ2n) is 8.57. The summed E-state index contributed by atoms with van der Waals surface area (Å²) >= 11 is 0. The molecule has 0 aromatic heterocycles. The van der Waals surface area contributed by atoms with Crippen molar-refractivity contribution in [3.63, 3.8) is 0 Å². The molecular formula is C25H30FNO5. The molecule has 0 unspecified atom stereocenters. The van der Waals surface area contributed by atoms with Crippen LogP contribution < -0.4 is 10.1 Å². The van der Waals surface area contributed by atoms with Gasteiger partial charge in [0.25, 0.3) is 0 Å². The number of aromatic carboxylic acids is 1. The number of carboxylic acid groups (broad SMARTS) is 1. The lowest BCUT2D eigenvalue weighted by atomic mass is 9.81. The van der Waals surface area contributed by atoms with E-state index in [2.05, 4.69) is 12.2 Å². The maximum absolute atomic E-state index is 13.5. The Bertz CT molecular complexity index is 961. The van der Waals surface area contributed by atoms with Crippen molar-refractivity contribution in [1.82, 2.24) is 5.32 Å². The van der Waals surface area contributed by atoms with Crippen molar-refractivity contribution < 1.29 is 28.6 Å². The number of unbranched alkanes of at least 4 members (excludes halogenated alkanes) is 1. The van der Waals surface area contributed by atoms with Gasteiger partial charge in [0.2, 0.25) is 5.91 Å². The van der Waals surface area contributed by atoms with Crippen molar-refractivity contribution in [2.45, 2.75) is 64.2 Å². The summed E-state index contributed by atoms with van der Waals surface area (Å²) in [4.78, 5) is 23.6. The molecule has 2 aromatic carbocycles. The summed E-state index contributed by atoms with van der Waals surface area (Å²) in [6.45, 7) is 5.98. The first-order valence-corrected chi connectivity index (χ1v) is 10.9. The van der Waals surface area contributed by atoms with Crippen LogP contribution in [0.15, 0.2) is 42.5 Å². The van der Waals surface area contributed by atoms with Crippen LogP contribution in [0.25, 0.3) is 0 Å². The fourth-order valence-corrected chi connectivity index (χ4v) is 4.17. The molecule has 2 aromatic rings. The molecule has 1 amide bonds. The van der Waals surface area contributed by atoms with E-state index in [9.17, 15) is 19.1 Å². The first-order chi connectivity index (χ1) is 15.2. The van der Waals surface area contributed by atoms with E-state index in [1.165, 1.54) is 25.1 Å². The number of halogens is 1. The molecule has 1 saturated heterocycles.